The van der Waals surface area contributed by atoms with Crippen LogP contribution in [0.5, 0.6) is 0 Å². The largest absolute Gasteiger partial charge is 0.312 e. The van der Waals surface area contributed by atoms with Gasteiger partial charge in [0, 0.05) is 13.5 Å². The summed E-state index contributed by atoms with van der Waals surface area (Å²) in [5.41, 5.74) is 0.867. The van der Waals surface area contributed by atoms with Crippen LogP contribution in [0.15, 0.2) is 18.2 Å². The molecule has 0 saturated carbocycles. The average molecular weight is 286 g/mol. The first-order valence-electron chi connectivity index (χ1n) is 4.76. The SMILES string of the molecule is CN1C(=O)C(CC(=O)Br)c2cccc(F)c21. The van der Waals surface area contributed by atoms with Gasteiger partial charge in [-0.2, -0.15) is 0 Å². The third-order valence-corrected chi connectivity index (χ3v) is 3.05. The highest BCUT2D eigenvalue weighted by atomic mass is 79.9. The molecule has 0 N–H and O–H groups in total. The number of anilines is 1. The summed E-state index contributed by atoms with van der Waals surface area (Å²) >= 11 is 2.80. The topological polar surface area (TPSA) is 37.4 Å². The van der Waals surface area contributed by atoms with Crippen molar-refractivity contribution in [2.75, 3.05) is 11.9 Å². The minimum atomic E-state index is -0.567. The summed E-state index contributed by atoms with van der Waals surface area (Å²) in [4.78, 5) is 24.1. The van der Waals surface area contributed by atoms with Crippen LogP contribution in [0.25, 0.3) is 0 Å². The highest BCUT2D eigenvalue weighted by molar-refractivity contribution is 9.18. The number of carbonyl (C=O) groups is 2. The molecule has 1 heterocycles. The van der Waals surface area contributed by atoms with E-state index in [0.29, 0.717) is 5.56 Å². The van der Waals surface area contributed by atoms with Crippen molar-refractivity contribution in [3.8, 4) is 0 Å². The predicted molar refractivity (Wildman–Crippen MR) is 61.1 cm³/mol. The zero-order valence-electron chi connectivity index (χ0n) is 8.54. The normalized spacial score (nSPS) is 18.8. The third-order valence-electron chi connectivity index (χ3n) is 2.72. The summed E-state index contributed by atoms with van der Waals surface area (Å²) in [6.45, 7) is 0. The molecular formula is C11H9BrFNO2. The molecule has 0 aromatic heterocycles. The maximum atomic E-state index is 13.5. The fraction of sp³-hybridized carbons (Fsp3) is 0.273. The van der Waals surface area contributed by atoms with E-state index in [-0.39, 0.29) is 22.7 Å². The van der Waals surface area contributed by atoms with Gasteiger partial charge in [0.1, 0.15) is 5.82 Å². The number of para-hydroxylation sites is 1. The van der Waals surface area contributed by atoms with Crippen molar-refractivity contribution in [3.63, 3.8) is 0 Å². The van der Waals surface area contributed by atoms with Gasteiger partial charge in [0.15, 0.2) is 4.69 Å². The fourth-order valence-electron chi connectivity index (χ4n) is 2.00. The van der Waals surface area contributed by atoms with Crippen molar-refractivity contribution in [2.24, 2.45) is 0 Å². The Hall–Kier alpha value is -1.23. The molecule has 1 amide bonds. The second-order valence-electron chi connectivity index (χ2n) is 3.69. The molecule has 1 unspecified atom stereocenters. The van der Waals surface area contributed by atoms with E-state index in [4.69, 9.17) is 0 Å². The highest BCUT2D eigenvalue weighted by Gasteiger charge is 2.37. The Balaban J connectivity index is 2.50. The zero-order valence-corrected chi connectivity index (χ0v) is 10.1. The second-order valence-corrected chi connectivity index (χ2v) is 4.57. The number of rotatable bonds is 2. The van der Waals surface area contributed by atoms with Crippen LogP contribution in [0, 0.1) is 5.82 Å². The first-order valence-corrected chi connectivity index (χ1v) is 5.56. The molecule has 3 nitrogen and oxygen atoms in total. The number of nitrogens with zero attached hydrogens (tertiary/aromatic N) is 1. The van der Waals surface area contributed by atoms with E-state index >= 15 is 0 Å². The van der Waals surface area contributed by atoms with E-state index in [0.717, 1.165) is 0 Å². The lowest BCUT2D eigenvalue weighted by molar-refractivity contribution is -0.121. The number of likely N-dealkylation sites (N-methyl/N-ethyl adjacent to an activating group) is 1. The molecular weight excluding hydrogens is 277 g/mol. The standard InChI is InChI=1S/C11H9BrFNO2/c1-14-10-6(3-2-4-8(10)13)7(11(14)16)5-9(12)15/h2-4,7H,5H2,1H3. The van der Waals surface area contributed by atoms with Crippen molar-refractivity contribution in [1.82, 2.24) is 0 Å². The smallest absolute Gasteiger partial charge is 0.234 e. The fourth-order valence-corrected chi connectivity index (χ4v) is 2.33. The number of hydrogen-bond acceptors (Lipinski definition) is 2. The van der Waals surface area contributed by atoms with Gasteiger partial charge < -0.3 is 4.90 Å². The van der Waals surface area contributed by atoms with Gasteiger partial charge in [0.25, 0.3) is 0 Å². The van der Waals surface area contributed by atoms with Gasteiger partial charge in [-0.1, -0.05) is 12.1 Å². The number of fused-ring (bicyclic) bond motifs is 1. The van der Waals surface area contributed by atoms with E-state index in [1.807, 2.05) is 0 Å². The van der Waals surface area contributed by atoms with Crippen LogP contribution < -0.4 is 4.90 Å². The summed E-state index contributed by atoms with van der Waals surface area (Å²) < 4.78 is 13.3. The van der Waals surface area contributed by atoms with Crippen LogP contribution in [0.1, 0.15) is 17.9 Å². The van der Waals surface area contributed by atoms with Crippen LogP contribution in [0.2, 0.25) is 0 Å². The third kappa shape index (κ3) is 1.65. The monoisotopic (exact) mass is 285 g/mol. The molecule has 84 valence electrons. The van der Waals surface area contributed by atoms with Gasteiger partial charge in [-0.25, -0.2) is 4.39 Å². The number of hydrogen-bond donors (Lipinski definition) is 0. The highest BCUT2D eigenvalue weighted by Crippen LogP contribution is 2.40. The predicted octanol–water partition coefficient (Wildman–Crippen LogP) is 2.20. The van der Waals surface area contributed by atoms with Crippen LogP contribution in [-0.2, 0) is 9.59 Å². The molecule has 0 saturated heterocycles. The first-order chi connectivity index (χ1) is 7.52. The van der Waals surface area contributed by atoms with Gasteiger partial charge in [-0.3, -0.25) is 9.59 Å². The average Bonchev–Trinajstić information content (AvgIpc) is 2.44. The lowest BCUT2D eigenvalue weighted by Crippen LogP contribution is -2.25. The molecule has 0 bridgehead atoms. The van der Waals surface area contributed by atoms with Gasteiger partial charge >= 0.3 is 0 Å². The van der Waals surface area contributed by atoms with Crippen molar-refractivity contribution in [1.29, 1.82) is 0 Å². The zero-order chi connectivity index (χ0) is 11.9. The molecule has 0 radical (unpaired) electrons. The first kappa shape index (κ1) is 11.3. The Morgan fingerprint density at radius 1 is 1.56 bits per heavy atom. The van der Waals surface area contributed by atoms with E-state index < -0.39 is 11.7 Å². The van der Waals surface area contributed by atoms with E-state index in [1.165, 1.54) is 18.0 Å². The maximum absolute atomic E-state index is 13.5. The van der Waals surface area contributed by atoms with Gasteiger partial charge in [0.05, 0.1) is 11.6 Å². The van der Waals surface area contributed by atoms with Gasteiger partial charge in [0.2, 0.25) is 5.91 Å². The van der Waals surface area contributed by atoms with Crippen LogP contribution >= 0.6 is 15.9 Å². The second kappa shape index (κ2) is 3.97. The molecule has 1 aromatic carbocycles. The molecule has 1 aliphatic heterocycles. The van der Waals surface area contributed by atoms with Crippen LogP contribution in [-0.4, -0.2) is 17.6 Å². The number of benzene rings is 1. The van der Waals surface area contributed by atoms with Crippen LogP contribution in [0.3, 0.4) is 0 Å². The Labute approximate surface area is 100 Å². The Bertz CT molecular complexity index is 475. The molecule has 16 heavy (non-hydrogen) atoms. The van der Waals surface area contributed by atoms with Crippen molar-refractivity contribution >= 4 is 32.2 Å². The van der Waals surface area contributed by atoms with Crippen molar-refractivity contribution in [2.45, 2.75) is 12.3 Å². The van der Waals surface area contributed by atoms with E-state index in [1.54, 1.807) is 12.1 Å². The Morgan fingerprint density at radius 3 is 2.88 bits per heavy atom. The van der Waals surface area contributed by atoms with Crippen molar-refractivity contribution < 1.29 is 14.0 Å². The molecule has 5 heteroatoms. The minimum Gasteiger partial charge on any atom is -0.312 e. The molecule has 1 aliphatic rings. The number of carbonyl (C=O) groups excluding carboxylic acids is 2. The summed E-state index contributed by atoms with van der Waals surface area (Å²) in [5.74, 6) is -1.24. The minimum absolute atomic E-state index is 0.0552. The lowest BCUT2D eigenvalue weighted by Gasteiger charge is -2.10. The molecule has 0 aliphatic carbocycles. The maximum Gasteiger partial charge on any atom is 0.234 e. The number of halogens is 2. The summed E-state index contributed by atoms with van der Waals surface area (Å²) in [6, 6.07) is 4.54. The molecule has 2 rings (SSSR count). The van der Waals surface area contributed by atoms with E-state index in [2.05, 4.69) is 15.9 Å². The van der Waals surface area contributed by atoms with Gasteiger partial charge in [-0.15, -0.1) is 0 Å². The van der Waals surface area contributed by atoms with Crippen LogP contribution in [0.4, 0.5) is 10.1 Å². The van der Waals surface area contributed by atoms with Gasteiger partial charge in [-0.05, 0) is 27.6 Å². The Kier molecular flexibility index (Phi) is 2.80. The quantitative estimate of drug-likeness (QED) is 0.782. The van der Waals surface area contributed by atoms with Crippen molar-refractivity contribution in [3.05, 3.63) is 29.6 Å². The molecule has 0 spiro atoms. The lowest BCUT2D eigenvalue weighted by atomic mass is 9.98. The molecule has 0 fully saturated rings. The molecule has 1 aromatic rings. The van der Waals surface area contributed by atoms with E-state index in [9.17, 15) is 14.0 Å². The Morgan fingerprint density at radius 2 is 2.25 bits per heavy atom. The number of amides is 1. The molecule has 1 atom stereocenters. The summed E-state index contributed by atoms with van der Waals surface area (Å²) in [5, 5.41) is 0. The summed E-state index contributed by atoms with van der Waals surface area (Å²) in [6.07, 6.45) is 0.0552. The summed E-state index contributed by atoms with van der Waals surface area (Å²) in [7, 11) is 1.52.